The van der Waals surface area contributed by atoms with Crippen molar-refractivity contribution in [1.29, 1.82) is 0 Å². The van der Waals surface area contributed by atoms with Gasteiger partial charge in [-0.1, -0.05) is 32.9 Å². The summed E-state index contributed by atoms with van der Waals surface area (Å²) in [5.74, 6) is 1.32. The van der Waals surface area contributed by atoms with Crippen molar-refractivity contribution in [3.8, 4) is 23.0 Å². The Labute approximate surface area is 207 Å². The first-order chi connectivity index (χ1) is 17.0. The predicted molar refractivity (Wildman–Crippen MR) is 135 cm³/mol. The van der Waals surface area contributed by atoms with E-state index in [4.69, 9.17) is 14.2 Å². The van der Waals surface area contributed by atoms with Gasteiger partial charge in [-0.25, -0.2) is 0 Å². The second-order valence-corrected chi connectivity index (χ2v) is 9.29. The van der Waals surface area contributed by atoms with Crippen LogP contribution in [0, 0.1) is 0 Å². The molecule has 1 heterocycles. The maximum atomic E-state index is 14.0. The molecule has 0 unspecified atom stereocenters. The molecule has 0 aliphatic heterocycles. The fourth-order valence-corrected chi connectivity index (χ4v) is 3.80. The smallest absolute Gasteiger partial charge is 0.418 e. The van der Waals surface area contributed by atoms with Crippen molar-refractivity contribution in [1.82, 2.24) is 4.98 Å². The van der Waals surface area contributed by atoms with Gasteiger partial charge >= 0.3 is 6.18 Å². The number of ether oxygens (including phenoxy) is 3. The summed E-state index contributed by atoms with van der Waals surface area (Å²) < 4.78 is 58.5. The maximum absolute atomic E-state index is 14.0. The second-order valence-electron chi connectivity index (χ2n) is 9.29. The van der Waals surface area contributed by atoms with Crippen molar-refractivity contribution in [3.05, 3.63) is 78.0 Å². The number of halogens is 3. The number of fused-ring (bicyclic) bond motifs is 1. The average Bonchev–Trinajstić information content (AvgIpc) is 2.83. The lowest BCUT2D eigenvalue weighted by Crippen LogP contribution is -2.11. The molecule has 0 aliphatic rings. The van der Waals surface area contributed by atoms with Crippen molar-refractivity contribution < 1.29 is 27.4 Å². The molecule has 1 N–H and O–H groups in total. The molecule has 1 aromatic heterocycles. The zero-order valence-electron chi connectivity index (χ0n) is 20.7. The summed E-state index contributed by atoms with van der Waals surface area (Å²) in [4.78, 5) is 4.30. The van der Waals surface area contributed by atoms with Gasteiger partial charge < -0.3 is 19.5 Å². The summed E-state index contributed by atoms with van der Waals surface area (Å²) in [5.41, 5.74) is 1.25. The molecule has 188 valence electrons. The van der Waals surface area contributed by atoms with Gasteiger partial charge in [-0.05, 0) is 53.4 Å². The topological polar surface area (TPSA) is 52.6 Å². The highest BCUT2D eigenvalue weighted by Crippen LogP contribution is 2.41. The minimum Gasteiger partial charge on any atom is -0.493 e. The minimum atomic E-state index is -4.59. The molecule has 5 nitrogen and oxygen atoms in total. The van der Waals surface area contributed by atoms with Crippen LogP contribution in [0.4, 0.5) is 24.5 Å². The molecular formula is C28H27F3N2O3. The van der Waals surface area contributed by atoms with Crippen molar-refractivity contribution in [3.63, 3.8) is 0 Å². The Balaban J connectivity index is 1.68. The number of aromatic nitrogens is 1. The minimum absolute atomic E-state index is 0.0400. The number of nitrogens with one attached hydrogen (secondary N) is 1. The van der Waals surface area contributed by atoms with Crippen LogP contribution < -0.4 is 19.5 Å². The molecule has 0 amide bonds. The number of nitrogens with zero attached hydrogens (tertiary/aromatic N) is 1. The Kier molecular flexibility index (Phi) is 6.71. The molecule has 0 fully saturated rings. The van der Waals surface area contributed by atoms with Gasteiger partial charge in [0.05, 0.1) is 31.0 Å². The summed E-state index contributed by atoms with van der Waals surface area (Å²) in [5, 5.41) is 3.46. The SMILES string of the molecule is COc1cc2nccc(Oc3ccc(Nc4ccc(C(C)(C)C)cc4)c(C(F)(F)F)c3)c2cc1OC. The Morgan fingerprint density at radius 2 is 1.44 bits per heavy atom. The summed E-state index contributed by atoms with van der Waals surface area (Å²) in [6.45, 7) is 6.23. The highest BCUT2D eigenvalue weighted by molar-refractivity contribution is 5.88. The van der Waals surface area contributed by atoms with Gasteiger partial charge in [0.25, 0.3) is 0 Å². The molecule has 0 spiro atoms. The largest absolute Gasteiger partial charge is 0.493 e. The first kappa shape index (κ1) is 25.2. The molecule has 0 saturated carbocycles. The van der Waals surface area contributed by atoms with E-state index in [1.807, 2.05) is 12.1 Å². The predicted octanol–water partition coefficient (Wildman–Crippen LogP) is 8.10. The zero-order valence-corrected chi connectivity index (χ0v) is 20.7. The normalized spacial score (nSPS) is 11.9. The molecule has 0 bridgehead atoms. The third-order valence-electron chi connectivity index (χ3n) is 5.76. The molecule has 0 saturated heterocycles. The van der Waals surface area contributed by atoms with E-state index >= 15 is 0 Å². The van der Waals surface area contributed by atoms with Crippen LogP contribution in [0.3, 0.4) is 0 Å². The lowest BCUT2D eigenvalue weighted by molar-refractivity contribution is -0.137. The van der Waals surface area contributed by atoms with Crippen LogP contribution in [-0.4, -0.2) is 19.2 Å². The molecule has 4 rings (SSSR count). The second kappa shape index (κ2) is 9.60. The van der Waals surface area contributed by atoms with E-state index in [9.17, 15) is 13.2 Å². The van der Waals surface area contributed by atoms with Crippen LogP contribution in [-0.2, 0) is 11.6 Å². The van der Waals surface area contributed by atoms with E-state index in [0.717, 1.165) is 11.6 Å². The molecule has 8 heteroatoms. The first-order valence-electron chi connectivity index (χ1n) is 11.3. The van der Waals surface area contributed by atoms with Crippen LogP contribution in [0.15, 0.2) is 66.9 Å². The van der Waals surface area contributed by atoms with Gasteiger partial charge in [0.1, 0.15) is 11.5 Å². The van der Waals surface area contributed by atoms with Gasteiger partial charge in [0.15, 0.2) is 11.5 Å². The molecule has 4 aromatic rings. The van der Waals surface area contributed by atoms with E-state index in [1.54, 1.807) is 30.3 Å². The highest BCUT2D eigenvalue weighted by Gasteiger charge is 2.34. The van der Waals surface area contributed by atoms with E-state index < -0.39 is 11.7 Å². The van der Waals surface area contributed by atoms with Crippen LogP contribution >= 0.6 is 0 Å². The molecule has 3 aromatic carbocycles. The van der Waals surface area contributed by atoms with Crippen LogP contribution in [0.1, 0.15) is 31.9 Å². The quantitative estimate of drug-likeness (QED) is 0.292. The number of hydrogen-bond acceptors (Lipinski definition) is 5. The first-order valence-corrected chi connectivity index (χ1v) is 11.3. The zero-order chi connectivity index (χ0) is 26.1. The van der Waals surface area contributed by atoms with Gasteiger partial charge in [0.2, 0.25) is 0 Å². The summed E-state index contributed by atoms with van der Waals surface area (Å²) >= 11 is 0. The lowest BCUT2D eigenvalue weighted by Gasteiger charge is -2.20. The van der Waals surface area contributed by atoms with Gasteiger partial charge in [-0.2, -0.15) is 13.2 Å². The van der Waals surface area contributed by atoms with Gasteiger partial charge in [0, 0.05) is 23.3 Å². The standard InChI is InChI=1S/C28H27F3N2O3/c1-27(2,3)17-6-8-18(9-7-17)33-22-11-10-19(14-21(22)28(29,30)31)36-24-12-13-32-23-16-26(35-5)25(34-4)15-20(23)24/h6-16,33H,1-5H3. The number of benzene rings is 3. The monoisotopic (exact) mass is 496 g/mol. The number of methoxy groups -OCH3 is 2. The lowest BCUT2D eigenvalue weighted by atomic mass is 9.87. The number of anilines is 2. The Hall–Kier alpha value is -3.94. The molecular weight excluding hydrogens is 469 g/mol. The van der Waals surface area contributed by atoms with E-state index in [0.29, 0.717) is 33.8 Å². The number of alkyl halides is 3. The van der Waals surface area contributed by atoms with Crippen LogP contribution in [0.5, 0.6) is 23.0 Å². The van der Waals surface area contributed by atoms with E-state index in [-0.39, 0.29) is 16.9 Å². The Morgan fingerprint density at radius 3 is 2.06 bits per heavy atom. The van der Waals surface area contributed by atoms with Crippen molar-refractivity contribution in [2.45, 2.75) is 32.4 Å². The highest BCUT2D eigenvalue weighted by atomic mass is 19.4. The molecule has 36 heavy (non-hydrogen) atoms. The number of rotatable bonds is 6. The van der Waals surface area contributed by atoms with Gasteiger partial charge in [-0.3, -0.25) is 4.98 Å². The number of hydrogen-bond donors (Lipinski definition) is 1. The fraction of sp³-hybridized carbons (Fsp3) is 0.250. The third kappa shape index (κ3) is 5.32. The Bertz CT molecular complexity index is 1380. The van der Waals surface area contributed by atoms with E-state index in [2.05, 4.69) is 31.1 Å². The fourth-order valence-electron chi connectivity index (χ4n) is 3.80. The van der Waals surface area contributed by atoms with Gasteiger partial charge in [-0.15, -0.1) is 0 Å². The summed E-state index contributed by atoms with van der Waals surface area (Å²) in [7, 11) is 3.01. The molecule has 0 atom stereocenters. The molecule has 0 radical (unpaired) electrons. The third-order valence-corrected chi connectivity index (χ3v) is 5.76. The van der Waals surface area contributed by atoms with Crippen molar-refractivity contribution in [2.75, 3.05) is 19.5 Å². The maximum Gasteiger partial charge on any atom is 0.418 e. The average molecular weight is 497 g/mol. The summed E-state index contributed by atoms with van der Waals surface area (Å²) in [6.07, 6.45) is -3.07. The van der Waals surface area contributed by atoms with E-state index in [1.165, 1.54) is 32.5 Å². The molecule has 0 aliphatic carbocycles. The van der Waals surface area contributed by atoms with Crippen molar-refractivity contribution in [2.24, 2.45) is 0 Å². The number of pyridine rings is 1. The summed E-state index contributed by atoms with van der Waals surface area (Å²) in [6, 6.07) is 16.2. The van der Waals surface area contributed by atoms with Crippen LogP contribution in [0.25, 0.3) is 10.9 Å². The van der Waals surface area contributed by atoms with Crippen LogP contribution in [0.2, 0.25) is 0 Å². The Morgan fingerprint density at radius 1 is 0.778 bits per heavy atom. The van der Waals surface area contributed by atoms with Crippen molar-refractivity contribution >= 4 is 22.3 Å².